The summed E-state index contributed by atoms with van der Waals surface area (Å²) in [6.07, 6.45) is 1.71. The molecule has 0 radical (unpaired) electrons. The lowest BCUT2D eigenvalue weighted by molar-refractivity contribution is -0.217. The highest BCUT2D eigenvalue weighted by molar-refractivity contribution is 4.77. The Bertz CT molecular complexity index is 135. The normalized spacial score (nSPS) is 37.2. The van der Waals surface area contributed by atoms with E-state index in [-0.39, 0.29) is 0 Å². The molecule has 1 fully saturated rings. The van der Waals surface area contributed by atoms with Gasteiger partial charge in [-0.15, -0.1) is 0 Å². The molecule has 0 spiro atoms. The number of hydrogen-bond donors (Lipinski definition) is 2. The molecule has 0 aliphatic carbocycles. The third-order valence-electron chi connectivity index (χ3n) is 2.12. The Morgan fingerprint density at radius 1 is 1.58 bits per heavy atom. The molecule has 2 N–H and O–H groups in total. The van der Waals surface area contributed by atoms with Gasteiger partial charge in [-0.05, 0) is 13.3 Å². The Balaban J connectivity index is 2.27. The molecule has 0 aromatic heterocycles. The second-order valence-electron chi connectivity index (χ2n) is 4.04. The first kappa shape index (κ1) is 9.96. The molecule has 0 saturated carbocycles. The van der Waals surface area contributed by atoms with Crippen molar-refractivity contribution >= 4 is 0 Å². The monoisotopic (exact) mass is 173 g/mol. The average Bonchev–Trinajstić information content (AvgIpc) is 1.93. The predicted octanol–water partition coefficient (Wildman–Crippen LogP) is 0.872. The Morgan fingerprint density at radius 3 is 2.67 bits per heavy atom. The van der Waals surface area contributed by atoms with Crippen LogP contribution >= 0.6 is 0 Å². The van der Waals surface area contributed by atoms with Crippen molar-refractivity contribution in [3.63, 3.8) is 0 Å². The van der Waals surface area contributed by atoms with Gasteiger partial charge in [0.2, 0.25) is 0 Å². The third kappa shape index (κ3) is 3.09. The van der Waals surface area contributed by atoms with E-state index in [0.717, 1.165) is 12.8 Å². The quantitative estimate of drug-likeness (QED) is 0.651. The van der Waals surface area contributed by atoms with Crippen LogP contribution in [0.25, 0.3) is 0 Å². The summed E-state index contributed by atoms with van der Waals surface area (Å²) < 4.78 is 5.27. The van der Waals surface area contributed by atoms with E-state index in [4.69, 9.17) is 4.74 Å². The molecule has 2 atom stereocenters. The van der Waals surface area contributed by atoms with E-state index in [1.807, 2.05) is 0 Å². The lowest BCUT2D eigenvalue weighted by Gasteiger charge is -2.34. The van der Waals surface area contributed by atoms with Crippen molar-refractivity contribution < 1.29 is 9.84 Å². The van der Waals surface area contributed by atoms with Gasteiger partial charge < -0.3 is 15.2 Å². The van der Waals surface area contributed by atoms with E-state index in [9.17, 15) is 5.11 Å². The van der Waals surface area contributed by atoms with Crippen LogP contribution in [0.1, 0.15) is 33.6 Å². The SMILES string of the molecule is CC(C)N[C@H]1CC[C@](C)(O)OC1. The van der Waals surface area contributed by atoms with Gasteiger partial charge in [0, 0.05) is 18.5 Å². The van der Waals surface area contributed by atoms with Crippen molar-refractivity contribution in [2.24, 2.45) is 0 Å². The van der Waals surface area contributed by atoms with Crippen molar-refractivity contribution in [2.75, 3.05) is 6.61 Å². The van der Waals surface area contributed by atoms with Crippen LogP contribution < -0.4 is 5.32 Å². The molecule has 3 nitrogen and oxygen atoms in total. The van der Waals surface area contributed by atoms with Crippen molar-refractivity contribution in [3.8, 4) is 0 Å². The lowest BCUT2D eigenvalue weighted by atomic mass is 10.0. The molecule has 12 heavy (non-hydrogen) atoms. The minimum absolute atomic E-state index is 0.408. The van der Waals surface area contributed by atoms with E-state index >= 15 is 0 Å². The van der Waals surface area contributed by atoms with E-state index < -0.39 is 5.79 Å². The molecule has 0 unspecified atom stereocenters. The summed E-state index contributed by atoms with van der Waals surface area (Å²) in [4.78, 5) is 0. The molecule has 72 valence electrons. The van der Waals surface area contributed by atoms with Crippen LogP contribution in [0.5, 0.6) is 0 Å². The van der Waals surface area contributed by atoms with E-state index in [0.29, 0.717) is 18.7 Å². The third-order valence-corrected chi connectivity index (χ3v) is 2.12. The second kappa shape index (κ2) is 3.73. The molecule has 1 saturated heterocycles. The molecule has 1 aliphatic rings. The number of aliphatic hydroxyl groups is 1. The summed E-state index contributed by atoms with van der Waals surface area (Å²) in [7, 11) is 0. The average molecular weight is 173 g/mol. The van der Waals surface area contributed by atoms with E-state index in [1.165, 1.54) is 0 Å². The Hall–Kier alpha value is -0.120. The minimum Gasteiger partial charge on any atom is -0.366 e. The number of rotatable bonds is 2. The van der Waals surface area contributed by atoms with Gasteiger partial charge in [0.25, 0.3) is 0 Å². The van der Waals surface area contributed by atoms with Crippen molar-refractivity contribution in [3.05, 3.63) is 0 Å². The largest absolute Gasteiger partial charge is 0.366 e. The highest BCUT2D eigenvalue weighted by Crippen LogP contribution is 2.21. The van der Waals surface area contributed by atoms with Crippen LogP contribution in [0, 0.1) is 0 Å². The molecule has 3 heteroatoms. The van der Waals surface area contributed by atoms with Gasteiger partial charge in [-0.25, -0.2) is 0 Å². The lowest BCUT2D eigenvalue weighted by Crippen LogP contribution is -2.46. The van der Waals surface area contributed by atoms with E-state index in [1.54, 1.807) is 6.92 Å². The van der Waals surface area contributed by atoms with Gasteiger partial charge in [0.15, 0.2) is 5.79 Å². The van der Waals surface area contributed by atoms with Crippen LogP contribution in [-0.4, -0.2) is 29.6 Å². The molecule has 0 bridgehead atoms. The predicted molar refractivity (Wildman–Crippen MR) is 47.9 cm³/mol. The van der Waals surface area contributed by atoms with Crippen LogP contribution in [-0.2, 0) is 4.74 Å². The van der Waals surface area contributed by atoms with Gasteiger partial charge in [-0.1, -0.05) is 13.8 Å². The minimum atomic E-state index is -0.894. The zero-order valence-corrected chi connectivity index (χ0v) is 8.13. The maximum atomic E-state index is 9.48. The summed E-state index contributed by atoms with van der Waals surface area (Å²) in [5, 5.41) is 12.9. The van der Waals surface area contributed by atoms with Gasteiger partial charge in [-0.2, -0.15) is 0 Å². The summed E-state index contributed by atoms with van der Waals surface area (Å²) in [5.74, 6) is -0.894. The van der Waals surface area contributed by atoms with Gasteiger partial charge in [-0.3, -0.25) is 0 Å². The number of hydrogen-bond acceptors (Lipinski definition) is 3. The van der Waals surface area contributed by atoms with Gasteiger partial charge in [0.1, 0.15) is 0 Å². The first-order chi connectivity index (χ1) is 5.49. The standard InChI is InChI=1S/C9H19NO2/c1-7(2)10-8-4-5-9(3,11)12-6-8/h7-8,10-11H,4-6H2,1-3H3/t8-,9+/m0/s1. The number of nitrogens with one attached hydrogen (secondary N) is 1. The summed E-state index contributed by atoms with van der Waals surface area (Å²) in [6, 6.07) is 0.895. The van der Waals surface area contributed by atoms with E-state index in [2.05, 4.69) is 19.2 Å². The zero-order chi connectivity index (χ0) is 9.19. The molecule has 0 aromatic carbocycles. The van der Waals surface area contributed by atoms with Crippen LogP contribution in [0.2, 0.25) is 0 Å². The molecule has 0 amide bonds. The van der Waals surface area contributed by atoms with Crippen molar-refractivity contribution in [1.29, 1.82) is 0 Å². The summed E-state index contributed by atoms with van der Waals surface area (Å²) in [5.41, 5.74) is 0. The molecule has 0 aromatic rings. The highest BCUT2D eigenvalue weighted by atomic mass is 16.6. The summed E-state index contributed by atoms with van der Waals surface area (Å²) in [6.45, 7) is 6.57. The summed E-state index contributed by atoms with van der Waals surface area (Å²) >= 11 is 0. The highest BCUT2D eigenvalue weighted by Gasteiger charge is 2.29. The fourth-order valence-corrected chi connectivity index (χ4v) is 1.48. The van der Waals surface area contributed by atoms with Crippen LogP contribution in [0.3, 0.4) is 0 Å². The zero-order valence-electron chi connectivity index (χ0n) is 8.13. The Labute approximate surface area is 74.1 Å². The van der Waals surface area contributed by atoms with Crippen molar-refractivity contribution in [1.82, 2.24) is 5.32 Å². The molecular formula is C9H19NO2. The van der Waals surface area contributed by atoms with Crippen LogP contribution in [0.4, 0.5) is 0 Å². The Morgan fingerprint density at radius 2 is 2.25 bits per heavy atom. The smallest absolute Gasteiger partial charge is 0.162 e. The fourth-order valence-electron chi connectivity index (χ4n) is 1.48. The Kier molecular flexibility index (Phi) is 3.09. The molecule has 1 aliphatic heterocycles. The first-order valence-electron chi connectivity index (χ1n) is 4.62. The number of ether oxygens (including phenoxy) is 1. The molecule has 1 rings (SSSR count). The maximum absolute atomic E-state index is 9.48. The second-order valence-corrected chi connectivity index (χ2v) is 4.04. The van der Waals surface area contributed by atoms with Gasteiger partial charge >= 0.3 is 0 Å². The van der Waals surface area contributed by atoms with Crippen molar-refractivity contribution in [2.45, 2.75) is 51.5 Å². The van der Waals surface area contributed by atoms with Crippen LogP contribution in [0.15, 0.2) is 0 Å². The fraction of sp³-hybridized carbons (Fsp3) is 1.00. The molecule has 1 heterocycles. The topological polar surface area (TPSA) is 41.5 Å². The molecular weight excluding hydrogens is 154 g/mol. The van der Waals surface area contributed by atoms with Gasteiger partial charge in [0.05, 0.1) is 6.61 Å². The first-order valence-corrected chi connectivity index (χ1v) is 4.62. The maximum Gasteiger partial charge on any atom is 0.162 e.